The van der Waals surface area contributed by atoms with Gasteiger partial charge in [0.15, 0.2) is 0 Å². The molecule has 0 unspecified atom stereocenters. The van der Waals surface area contributed by atoms with Crippen LogP contribution in [0.15, 0.2) is 58.7 Å². The van der Waals surface area contributed by atoms with Crippen molar-refractivity contribution in [2.75, 3.05) is 0 Å². The minimum Gasteiger partial charge on any atom is -0.0820 e. The van der Waals surface area contributed by atoms with Gasteiger partial charge >= 0.3 is 0 Å². The summed E-state index contributed by atoms with van der Waals surface area (Å²) in [5.41, 5.74) is 5.78. The zero-order valence-electron chi connectivity index (χ0n) is 12.5. The summed E-state index contributed by atoms with van der Waals surface area (Å²) in [7, 11) is 0. The zero-order valence-corrected chi connectivity index (χ0v) is 12.5. The fourth-order valence-corrected chi connectivity index (χ4v) is 2.02. The smallest absolute Gasteiger partial charge is 0.0235 e. The van der Waals surface area contributed by atoms with Crippen molar-refractivity contribution in [3.8, 4) is 0 Å². The molecular weight excluding hydrogens is 216 g/mol. The average Bonchev–Trinajstić information content (AvgIpc) is 2.60. The van der Waals surface area contributed by atoms with Gasteiger partial charge in [0.1, 0.15) is 0 Å². The second kappa shape index (κ2) is 7.20. The van der Waals surface area contributed by atoms with E-state index in [0.29, 0.717) is 5.92 Å². The van der Waals surface area contributed by atoms with E-state index >= 15 is 0 Å². The number of hydrogen-bond donors (Lipinski definition) is 0. The standard InChI is InChI=1S/C18H26/c1-14(2)8-6-10-17-12-13-18(16(17)5)11-7-9-15(3)4/h6-11,14H,12-13H2,1-5H3/b8-6+,11-7+,17-10+. The summed E-state index contributed by atoms with van der Waals surface area (Å²) in [5, 5.41) is 0. The minimum atomic E-state index is 0.629. The Bertz CT molecular complexity index is 419. The molecule has 0 aliphatic heterocycles. The van der Waals surface area contributed by atoms with Crippen LogP contribution in [-0.2, 0) is 0 Å². The first-order valence-electron chi connectivity index (χ1n) is 6.89. The van der Waals surface area contributed by atoms with E-state index in [0.717, 1.165) is 0 Å². The molecule has 0 saturated carbocycles. The quantitative estimate of drug-likeness (QED) is 0.550. The molecule has 0 nitrogen and oxygen atoms in total. The first-order valence-corrected chi connectivity index (χ1v) is 6.89. The molecule has 0 radical (unpaired) electrons. The number of rotatable bonds is 4. The first kappa shape index (κ1) is 14.8. The third-order valence-corrected chi connectivity index (χ3v) is 3.15. The lowest BCUT2D eigenvalue weighted by Gasteiger charge is -1.98. The topological polar surface area (TPSA) is 0 Å². The van der Waals surface area contributed by atoms with Gasteiger partial charge in [0.05, 0.1) is 0 Å². The number of allylic oxidation sites excluding steroid dienone is 10. The third-order valence-electron chi connectivity index (χ3n) is 3.15. The van der Waals surface area contributed by atoms with Crippen LogP contribution in [0.5, 0.6) is 0 Å². The molecule has 0 aromatic carbocycles. The van der Waals surface area contributed by atoms with E-state index in [1.807, 2.05) is 0 Å². The van der Waals surface area contributed by atoms with Gasteiger partial charge in [-0.05, 0) is 56.3 Å². The van der Waals surface area contributed by atoms with E-state index in [4.69, 9.17) is 0 Å². The van der Waals surface area contributed by atoms with Gasteiger partial charge in [-0.15, -0.1) is 0 Å². The molecule has 1 aliphatic rings. The first-order chi connectivity index (χ1) is 8.50. The maximum Gasteiger partial charge on any atom is -0.0235 e. The predicted octanol–water partition coefficient (Wildman–Crippen LogP) is 5.76. The van der Waals surface area contributed by atoms with Crippen LogP contribution in [0, 0.1) is 5.92 Å². The molecular formula is C18H26. The van der Waals surface area contributed by atoms with Crippen LogP contribution in [0.3, 0.4) is 0 Å². The van der Waals surface area contributed by atoms with Crippen molar-refractivity contribution >= 4 is 0 Å². The van der Waals surface area contributed by atoms with Crippen LogP contribution in [0.1, 0.15) is 47.5 Å². The normalized spacial score (nSPS) is 18.9. The molecule has 1 aliphatic carbocycles. The minimum absolute atomic E-state index is 0.629. The average molecular weight is 242 g/mol. The van der Waals surface area contributed by atoms with Gasteiger partial charge in [-0.3, -0.25) is 0 Å². The summed E-state index contributed by atoms with van der Waals surface area (Å²) in [6, 6.07) is 0. The van der Waals surface area contributed by atoms with E-state index < -0.39 is 0 Å². The third kappa shape index (κ3) is 4.91. The molecule has 0 aromatic heterocycles. The molecule has 0 amide bonds. The molecule has 98 valence electrons. The summed E-state index contributed by atoms with van der Waals surface area (Å²) >= 11 is 0. The maximum atomic E-state index is 2.27. The summed E-state index contributed by atoms with van der Waals surface area (Å²) in [6.07, 6.45) is 15.7. The SMILES string of the molecule is CC(C)=C/C=C/C1=C(C)C(=C/C=C/C(C)C)/CC1. The Morgan fingerprint density at radius 3 is 2.44 bits per heavy atom. The maximum absolute atomic E-state index is 2.27. The lowest BCUT2D eigenvalue weighted by molar-refractivity contribution is 0.831. The summed E-state index contributed by atoms with van der Waals surface area (Å²) in [5.74, 6) is 0.629. The monoisotopic (exact) mass is 242 g/mol. The van der Waals surface area contributed by atoms with Crippen LogP contribution in [-0.4, -0.2) is 0 Å². The highest BCUT2D eigenvalue weighted by Crippen LogP contribution is 2.31. The van der Waals surface area contributed by atoms with Gasteiger partial charge in [0.2, 0.25) is 0 Å². The number of hydrogen-bond acceptors (Lipinski definition) is 0. The van der Waals surface area contributed by atoms with E-state index in [1.54, 1.807) is 0 Å². The fraction of sp³-hybridized carbons (Fsp3) is 0.444. The molecule has 0 N–H and O–H groups in total. The van der Waals surface area contributed by atoms with Crippen molar-refractivity contribution in [1.29, 1.82) is 0 Å². The van der Waals surface area contributed by atoms with Crippen LogP contribution in [0.4, 0.5) is 0 Å². The van der Waals surface area contributed by atoms with Crippen molar-refractivity contribution in [3.63, 3.8) is 0 Å². The molecule has 0 aromatic rings. The van der Waals surface area contributed by atoms with Gasteiger partial charge in [-0.1, -0.05) is 55.9 Å². The van der Waals surface area contributed by atoms with Gasteiger partial charge in [-0.25, -0.2) is 0 Å². The molecule has 0 heterocycles. The van der Waals surface area contributed by atoms with Gasteiger partial charge in [0.25, 0.3) is 0 Å². The highest BCUT2D eigenvalue weighted by molar-refractivity contribution is 5.46. The molecule has 0 spiro atoms. The van der Waals surface area contributed by atoms with Crippen molar-refractivity contribution < 1.29 is 0 Å². The molecule has 0 atom stereocenters. The van der Waals surface area contributed by atoms with Crippen LogP contribution in [0.25, 0.3) is 0 Å². The van der Waals surface area contributed by atoms with E-state index in [9.17, 15) is 0 Å². The lowest BCUT2D eigenvalue weighted by Crippen LogP contribution is -1.79. The van der Waals surface area contributed by atoms with Gasteiger partial charge in [-0.2, -0.15) is 0 Å². The fourth-order valence-electron chi connectivity index (χ4n) is 2.02. The van der Waals surface area contributed by atoms with Gasteiger partial charge < -0.3 is 0 Å². The Morgan fingerprint density at radius 2 is 1.83 bits per heavy atom. The molecule has 0 heteroatoms. The largest absolute Gasteiger partial charge is 0.0820 e. The Labute approximate surface area is 112 Å². The highest BCUT2D eigenvalue weighted by atomic mass is 14.2. The van der Waals surface area contributed by atoms with E-state index in [1.165, 1.54) is 35.1 Å². The summed E-state index contributed by atoms with van der Waals surface area (Å²) < 4.78 is 0. The van der Waals surface area contributed by atoms with Crippen molar-refractivity contribution in [2.45, 2.75) is 47.5 Å². The lowest BCUT2D eigenvalue weighted by atomic mass is 10.1. The Hall–Kier alpha value is -1.30. The molecule has 0 bridgehead atoms. The van der Waals surface area contributed by atoms with Crippen LogP contribution < -0.4 is 0 Å². The van der Waals surface area contributed by atoms with E-state index in [-0.39, 0.29) is 0 Å². The second-order valence-corrected chi connectivity index (χ2v) is 5.57. The molecule has 1 rings (SSSR count). The summed E-state index contributed by atoms with van der Waals surface area (Å²) in [6.45, 7) is 10.9. The Balaban J connectivity index is 2.75. The van der Waals surface area contributed by atoms with Crippen molar-refractivity contribution in [3.05, 3.63) is 58.7 Å². The highest BCUT2D eigenvalue weighted by Gasteiger charge is 2.12. The Morgan fingerprint density at radius 1 is 1.11 bits per heavy atom. The molecule has 0 fully saturated rings. The molecule has 18 heavy (non-hydrogen) atoms. The van der Waals surface area contributed by atoms with Crippen LogP contribution >= 0.6 is 0 Å². The van der Waals surface area contributed by atoms with Gasteiger partial charge in [0, 0.05) is 0 Å². The second-order valence-electron chi connectivity index (χ2n) is 5.57. The van der Waals surface area contributed by atoms with E-state index in [2.05, 4.69) is 71.1 Å². The zero-order chi connectivity index (χ0) is 13.5. The Kier molecular flexibility index (Phi) is 5.91. The van der Waals surface area contributed by atoms with Crippen molar-refractivity contribution in [1.82, 2.24) is 0 Å². The van der Waals surface area contributed by atoms with Crippen LogP contribution in [0.2, 0.25) is 0 Å². The molecule has 0 saturated heterocycles. The summed E-state index contributed by atoms with van der Waals surface area (Å²) in [4.78, 5) is 0. The predicted molar refractivity (Wildman–Crippen MR) is 82.6 cm³/mol. The van der Waals surface area contributed by atoms with Crippen molar-refractivity contribution in [2.24, 2.45) is 5.92 Å².